The van der Waals surface area contributed by atoms with Gasteiger partial charge < -0.3 is 15.2 Å². The minimum Gasteiger partial charge on any atom is -0.363 e. The molecule has 0 radical (unpaired) electrons. The molecule has 2 aromatic heterocycles. The van der Waals surface area contributed by atoms with Gasteiger partial charge >= 0.3 is 0 Å². The van der Waals surface area contributed by atoms with Crippen molar-refractivity contribution in [3.8, 4) is 11.4 Å². The first-order chi connectivity index (χ1) is 13.2. The topological polar surface area (TPSA) is 89.9 Å². The van der Waals surface area contributed by atoms with Crippen molar-refractivity contribution in [2.24, 2.45) is 5.73 Å². The molecule has 0 bridgehead atoms. The van der Waals surface area contributed by atoms with Crippen molar-refractivity contribution >= 4 is 17.1 Å². The number of aromatic nitrogens is 4. The lowest BCUT2D eigenvalue weighted by Gasteiger charge is -2.26. The van der Waals surface area contributed by atoms with Gasteiger partial charge in [0.2, 0.25) is 5.82 Å². The summed E-state index contributed by atoms with van der Waals surface area (Å²) >= 11 is 0. The fourth-order valence-corrected chi connectivity index (χ4v) is 3.69. The average Bonchev–Trinajstić information content (AvgIpc) is 3.07. The number of rotatable bonds is 6. The summed E-state index contributed by atoms with van der Waals surface area (Å²) in [6.45, 7) is 4.21. The molecule has 1 fully saturated rings. The summed E-state index contributed by atoms with van der Waals surface area (Å²) in [5.74, 6) is 0.249. The smallest absolute Gasteiger partial charge is 0.286 e. The minimum atomic E-state index is -0.626. The number of amides is 1. The van der Waals surface area contributed by atoms with E-state index in [4.69, 9.17) is 10.7 Å². The molecule has 1 amide bonds. The van der Waals surface area contributed by atoms with E-state index in [1.165, 1.54) is 32.4 Å². The highest BCUT2D eigenvalue weighted by Crippen LogP contribution is 2.24. The molecule has 0 unspecified atom stereocenters. The number of aryl methyl sites for hydroxylation is 1. The number of hydrogen-bond acceptors (Lipinski definition) is 5. The van der Waals surface area contributed by atoms with Crippen LogP contribution in [-0.4, -0.2) is 50.0 Å². The molecular weight excluding hydrogens is 340 g/mol. The van der Waals surface area contributed by atoms with Gasteiger partial charge in [-0.15, -0.1) is 0 Å². The molecule has 27 heavy (non-hydrogen) atoms. The van der Waals surface area contributed by atoms with Gasteiger partial charge in [-0.1, -0.05) is 36.8 Å². The third-order valence-electron chi connectivity index (χ3n) is 5.04. The lowest BCUT2D eigenvalue weighted by Crippen LogP contribution is -2.31. The van der Waals surface area contributed by atoms with Crippen molar-refractivity contribution < 1.29 is 4.79 Å². The number of fused-ring (bicyclic) bond motifs is 1. The molecule has 4 rings (SSSR count). The molecule has 7 nitrogen and oxygen atoms in total. The van der Waals surface area contributed by atoms with Crippen LogP contribution in [-0.2, 0) is 6.54 Å². The summed E-state index contributed by atoms with van der Waals surface area (Å²) in [6.07, 6.45) is 6.50. The molecule has 0 aliphatic carbocycles. The minimum absolute atomic E-state index is 0.0271. The highest BCUT2D eigenvalue weighted by atomic mass is 16.1. The summed E-state index contributed by atoms with van der Waals surface area (Å²) in [7, 11) is 0. The lowest BCUT2D eigenvalue weighted by molar-refractivity contribution is 0.0990. The molecule has 0 spiro atoms. The summed E-state index contributed by atoms with van der Waals surface area (Å²) in [5.41, 5.74) is 7.73. The van der Waals surface area contributed by atoms with Gasteiger partial charge in [0.1, 0.15) is 11.3 Å². The van der Waals surface area contributed by atoms with Crippen LogP contribution in [0.3, 0.4) is 0 Å². The number of benzene rings is 1. The van der Waals surface area contributed by atoms with E-state index in [-0.39, 0.29) is 5.82 Å². The molecule has 1 aliphatic heterocycles. The third kappa shape index (κ3) is 3.83. The molecule has 0 atom stereocenters. The Kier molecular flexibility index (Phi) is 5.11. The fraction of sp³-hybridized carbons (Fsp3) is 0.400. The molecule has 1 aliphatic rings. The second-order valence-electron chi connectivity index (χ2n) is 6.98. The van der Waals surface area contributed by atoms with Crippen LogP contribution in [0.2, 0.25) is 0 Å². The number of carbonyl (C=O) groups is 1. The van der Waals surface area contributed by atoms with Gasteiger partial charge in [-0.2, -0.15) is 0 Å². The maximum Gasteiger partial charge on any atom is 0.286 e. The standard InChI is InChI=1S/C20H24N6O/c21-17(27)18-22-14-16-20(24-18)26(13-7-12-25-10-5-2-6-11-25)19(23-16)15-8-3-1-4-9-15/h1,3-4,8-9,14H,2,5-7,10-13H2,(H2,21,27). The van der Waals surface area contributed by atoms with Crippen LogP contribution < -0.4 is 5.73 Å². The van der Waals surface area contributed by atoms with Crippen molar-refractivity contribution in [2.75, 3.05) is 19.6 Å². The number of imidazole rings is 1. The van der Waals surface area contributed by atoms with Gasteiger partial charge in [-0.25, -0.2) is 15.0 Å². The number of nitrogens with two attached hydrogens (primary N) is 1. The number of piperidine rings is 1. The van der Waals surface area contributed by atoms with Crippen LogP contribution in [0.25, 0.3) is 22.6 Å². The monoisotopic (exact) mass is 364 g/mol. The van der Waals surface area contributed by atoms with Crippen LogP contribution in [0.15, 0.2) is 36.5 Å². The zero-order valence-electron chi connectivity index (χ0n) is 15.3. The first-order valence-corrected chi connectivity index (χ1v) is 9.53. The SMILES string of the molecule is NC(=O)c1ncc2nc(-c3ccccc3)n(CCCN3CCCCC3)c2n1. The van der Waals surface area contributed by atoms with Gasteiger partial charge in [0.05, 0.1) is 6.20 Å². The fourth-order valence-electron chi connectivity index (χ4n) is 3.69. The zero-order chi connectivity index (χ0) is 18.6. The zero-order valence-corrected chi connectivity index (χ0v) is 15.3. The van der Waals surface area contributed by atoms with Gasteiger partial charge in [0.15, 0.2) is 5.65 Å². The Hall–Kier alpha value is -2.80. The molecule has 1 aromatic carbocycles. The molecule has 3 heterocycles. The van der Waals surface area contributed by atoms with E-state index in [2.05, 4.69) is 19.4 Å². The Bertz CT molecular complexity index is 930. The lowest BCUT2D eigenvalue weighted by atomic mass is 10.1. The van der Waals surface area contributed by atoms with E-state index in [0.717, 1.165) is 30.9 Å². The normalized spacial score (nSPS) is 15.3. The first-order valence-electron chi connectivity index (χ1n) is 9.53. The third-order valence-corrected chi connectivity index (χ3v) is 5.04. The molecule has 2 N–H and O–H groups in total. The Morgan fingerprint density at radius 2 is 1.81 bits per heavy atom. The Balaban J connectivity index is 1.66. The molecule has 3 aromatic rings. The van der Waals surface area contributed by atoms with Crippen molar-refractivity contribution in [1.82, 2.24) is 24.4 Å². The van der Waals surface area contributed by atoms with E-state index in [1.807, 2.05) is 30.3 Å². The van der Waals surface area contributed by atoms with Crippen LogP contribution in [0.1, 0.15) is 36.3 Å². The number of likely N-dealkylation sites (tertiary alicyclic amines) is 1. The first kappa shape index (κ1) is 17.6. The predicted octanol–water partition coefficient (Wildman–Crippen LogP) is 2.47. The predicted molar refractivity (Wildman–Crippen MR) is 104 cm³/mol. The van der Waals surface area contributed by atoms with Crippen LogP contribution in [0.4, 0.5) is 0 Å². The molecule has 1 saturated heterocycles. The van der Waals surface area contributed by atoms with Gasteiger partial charge in [0.25, 0.3) is 5.91 Å². The van der Waals surface area contributed by atoms with Crippen LogP contribution in [0, 0.1) is 0 Å². The molecular formula is C20H24N6O. The quantitative estimate of drug-likeness (QED) is 0.726. The van der Waals surface area contributed by atoms with Crippen LogP contribution >= 0.6 is 0 Å². The second-order valence-corrected chi connectivity index (χ2v) is 6.98. The summed E-state index contributed by atoms with van der Waals surface area (Å²) in [6, 6.07) is 10.0. The van der Waals surface area contributed by atoms with Gasteiger partial charge in [-0.3, -0.25) is 4.79 Å². The molecule has 0 saturated carbocycles. The van der Waals surface area contributed by atoms with Gasteiger partial charge in [0, 0.05) is 12.1 Å². The van der Waals surface area contributed by atoms with Crippen molar-refractivity contribution in [3.05, 3.63) is 42.4 Å². The van der Waals surface area contributed by atoms with Crippen molar-refractivity contribution in [3.63, 3.8) is 0 Å². The van der Waals surface area contributed by atoms with Crippen LogP contribution in [0.5, 0.6) is 0 Å². The van der Waals surface area contributed by atoms with E-state index in [0.29, 0.717) is 11.2 Å². The molecule has 140 valence electrons. The number of nitrogens with zero attached hydrogens (tertiary/aromatic N) is 5. The van der Waals surface area contributed by atoms with E-state index in [9.17, 15) is 4.79 Å². The maximum absolute atomic E-state index is 11.5. The summed E-state index contributed by atoms with van der Waals surface area (Å²) < 4.78 is 2.09. The Labute approximate surface area is 158 Å². The summed E-state index contributed by atoms with van der Waals surface area (Å²) in [4.78, 5) is 27.2. The Morgan fingerprint density at radius 3 is 2.56 bits per heavy atom. The van der Waals surface area contributed by atoms with E-state index >= 15 is 0 Å². The number of hydrogen-bond donors (Lipinski definition) is 1. The highest BCUT2D eigenvalue weighted by Gasteiger charge is 2.17. The maximum atomic E-state index is 11.5. The van der Waals surface area contributed by atoms with Crippen molar-refractivity contribution in [2.45, 2.75) is 32.2 Å². The summed E-state index contributed by atoms with van der Waals surface area (Å²) in [5, 5.41) is 0. The van der Waals surface area contributed by atoms with E-state index in [1.54, 1.807) is 6.20 Å². The Morgan fingerprint density at radius 1 is 1.04 bits per heavy atom. The van der Waals surface area contributed by atoms with E-state index < -0.39 is 5.91 Å². The second kappa shape index (κ2) is 7.84. The largest absolute Gasteiger partial charge is 0.363 e. The average molecular weight is 364 g/mol. The molecule has 7 heteroatoms. The van der Waals surface area contributed by atoms with Gasteiger partial charge in [-0.05, 0) is 38.9 Å². The highest BCUT2D eigenvalue weighted by molar-refractivity contribution is 5.90. The number of primary amides is 1. The number of carbonyl (C=O) groups excluding carboxylic acids is 1. The van der Waals surface area contributed by atoms with Crippen molar-refractivity contribution in [1.29, 1.82) is 0 Å².